The number of fused-ring (bicyclic) bond motifs is 1. The Hall–Kier alpha value is -1.94. The molecule has 0 saturated heterocycles. The number of aromatic nitrogens is 1. The molecule has 0 radical (unpaired) electrons. The Labute approximate surface area is 113 Å². The minimum Gasteiger partial charge on any atom is -0.330 e. The number of carbonyl (C=O) groups excluding carboxylic acids is 1. The van der Waals surface area contributed by atoms with Crippen LogP contribution in [0, 0.1) is 11.8 Å². The van der Waals surface area contributed by atoms with E-state index < -0.39 is 0 Å². The Morgan fingerprint density at radius 3 is 2.84 bits per heavy atom. The summed E-state index contributed by atoms with van der Waals surface area (Å²) in [4.78, 5) is 16.4. The Morgan fingerprint density at radius 2 is 2.16 bits per heavy atom. The molecule has 0 saturated carbocycles. The number of carbonyl (C=O) groups is 1. The van der Waals surface area contributed by atoms with Crippen LogP contribution in [0.4, 0.5) is 5.69 Å². The molecule has 1 unspecified atom stereocenters. The van der Waals surface area contributed by atoms with Gasteiger partial charge in [-0.2, -0.15) is 0 Å². The van der Waals surface area contributed by atoms with E-state index in [-0.39, 0.29) is 17.7 Å². The monoisotopic (exact) mass is 257 g/mol. The first-order valence-corrected chi connectivity index (χ1v) is 6.47. The zero-order valence-electron chi connectivity index (χ0n) is 11.3. The lowest BCUT2D eigenvalue weighted by Crippen LogP contribution is -2.33. The van der Waals surface area contributed by atoms with Crippen molar-refractivity contribution < 1.29 is 4.79 Å². The molecule has 1 aromatic carbocycles. The first-order valence-electron chi connectivity index (χ1n) is 6.47. The number of rotatable bonds is 4. The van der Waals surface area contributed by atoms with Gasteiger partial charge >= 0.3 is 0 Å². The average molecular weight is 257 g/mol. The van der Waals surface area contributed by atoms with Gasteiger partial charge in [-0.05, 0) is 30.2 Å². The SMILES string of the molecule is CC(C)C(CN)C(=O)Nc1ccc2ncccc2c1. The number of nitrogens with zero attached hydrogens (tertiary/aromatic N) is 1. The average Bonchev–Trinajstić information content (AvgIpc) is 2.39. The number of benzene rings is 1. The Kier molecular flexibility index (Phi) is 4.12. The van der Waals surface area contributed by atoms with Crippen molar-refractivity contribution in [3.63, 3.8) is 0 Å². The lowest BCUT2D eigenvalue weighted by atomic mass is 9.95. The lowest BCUT2D eigenvalue weighted by Gasteiger charge is -2.18. The zero-order chi connectivity index (χ0) is 13.8. The predicted molar refractivity (Wildman–Crippen MR) is 77.8 cm³/mol. The van der Waals surface area contributed by atoms with Gasteiger partial charge in [0.2, 0.25) is 5.91 Å². The highest BCUT2D eigenvalue weighted by Gasteiger charge is 2.20. The molecule has 1 amide bonds. The van der Waals surface area contributed by atoms with Crippen molar-refractivity contribution in [3.05, 3.63) is 36.5 Å². The molecule has 0 aliphatic carbocycles. The number of amides is 1. The van der Waals surface area contributed by atoms with E-state index in [1.165, 1.54) is 0 Å². The summed E-state index contributed by atoms with van der Waals surface area (Å²) in [6, 6.07) is 9.54. The molecule has 19 heavy (non-hydrogen) atoms. The van der Waals surface area contributed by atoms with Crippen molar-refractivity contribution in [3.8, 4) is 0 Å². The van der Waals surface area contributed by atoms with Gasteiger partial charge in [-0.1, -0.05) is 19.9 Å². The highest BCUT2D eigenvalue weighted by Crippen LogP contribution is 2.19. The minimum absolute atomic E-state index is 0.0271. The lowest BCUT2D eigenvalue weighted by molar-refractivity contribution is -0.120. The Balaban J connectivity index is 2.19. The number of pyridine rings is 1. The predicted octanol–water partition coefficient (Wildman–Crippen LogP) is 2.40. The highest BCUT2D eigenvalue weighted by atomic mass is 16.1. The fourth-order valence-electron chi connectivity index (χ4n) is 2.07. The van der Waals surface area contributed by atoms with Crippen LogP contribution in [0.15, 0.2) is 36.5 Å². The maximum atomic E-state index is 12.1. The summed E-state index contributed by atoms with van der Waals surface area (Å²) in [7, 11) is 0. The van der Waals surface area contributed by atoms with E-state index in [0.717, 1.165) is 16.6 Å². The van der Waals surface area contributed by atoms with Crippen LogP contribution in [0.25, 0.3) is 10.9 Å². The molecule has 4 heteroatoms. The smallest absolute Gasteiger partial charge is 0.229 e. The number of hydrogen-bond donors (Lipinski definition) is 2. The molecule has 2 aromatic rings. The van der Waals surface area contributed by atoms with Gasteiger partial charge < -0.3 is 11.1 Å². The molecule has 100 valence electrons. The van der Waals surface area contributed by atoms with Gasteiger partial charge in [0.15, 0.2) is 0 Å². The van der Waals surface area contributed by atoms with Crippen molar-refractivity contribution in [1.29, 1.82) is 0 Å². The van der Waals surface area contributed by atoms with Gasteiger partial charge in [0.25, 0.3) is 0 Å². The van der Waals surface area contributed by atoms with E-state index in [2.05, 4.69) is 10.3 Å². The van der Waals surface area contributed by atoms with E-state index in [0.29, 0.717) is 6.54 Å². The number of anilines is 1. The molecule has 0 spiro atoms. The summed E-state index contributed by atoms with van der Waals surface area (Å²) in [5, 5.41) is 3.93. The van der Waals surface area contributed by atoms with Crippen molar-refractivity contribution >= 4 is 22.5 Å². The van der Waals surface area contributed by atoms with Crippen molar-refractivity contribution in [2.75, 3.05) is 11.9 Å². The quantitative estimate of drug-likeness (QED) is 0.883. The second-order valence-corrected chi connectivity index (χ2v) is 4.99. The fourth-order valence-corrected chi connectivity index (χ4v) is 2.07. The molecule has 1 atom stereocenters. The molecule has 0 aliphatic heterocycles. The minimum atomic E-state index is -0.162. The Morgan fingerprint density at radius 1 is 1.37 bits per heavy atom. The van der Waals surface area contributed by atoms with E-state index in [1.54, 1.807) is 6.20 Å². The molecule has 0 fully saturated rings. The number of nitrogens with one attached hydrogen (secondary N) is 1. The van der Waals surface area contributed by atoms with Gasteiger partial charge in [0.1, 0.15) is 0 Å². The standard InChI is InChI=1S/C15H19N3O/c1-10(2)13(9-16)15(19)18-12-5-6-14-11(8-12)4-3-7-17-14/h3-8,10,13H,9,16H2,1-2H3,(H,18,19). The summed E-state index contributed by atoms with van der Waals surface area (Å²) < 4.78 is 0. The van der Waals surface area contributed by atoms with Crippen LogP contribution in [-0.4, -0.2) is 17.4 Å². The zero-order valence-corrected chi connectivity index (χ0v) is 11.3. The third-order valence-corrected chi connectivity index (χ3v) is 3.27. The van der Waals surface area contributed by atoms with Crippen LogP contribution in [0.1, 0.15) is 13.8 Å². The molecule has 3 N–H and O–H groups in total. The van der Waals surface area contributed by atoms with Crippen molar-refractivity contribution in [2.24, 2.45) is 17.6 Å². The van der Waals surface area contributed by atoms with Gasteiger partial charge in [-0.3, -0.25) is 9.78 Å². The summed E-state index contributed by atoms with van der Waals surface area (Å²) in [5.41, 5.74) is 7.35. The van der Waals surface area contributed by atoms with Crippen LogP contribution < -0.4 is 11.1 Å². The molecular weight excluding hydrogens is 238 g/mol. The topological polar surface area (TPSA) is 68.0 Å². The third kappa shape index (κ3) is 3.09. The van der Waals surface area contributed by atoms with Gasteiger partial charge in [-0.25, -0.2) is 0 Å². The summed E-state index contributed by atoms with van der Waals surface area (Å²) in [6.45, 7) is 4.36. The van der Waals surface area contributed by atoms with E-state index in [1.807, 2.05) is 44.2 Å². The largest absolute Gasteiger partial charge is 0.330 e. The Bertz CT molecular complexity index is 580. The molecule has 1 heterocycles. The number of nitrogens with two attached hydrogens (primary N) is 1. The molecule has 2 rings (SSSR count). The van der Waals surface area contributed by atoms with Gasteiger partial charge in [0.05, 0.1) is 11.4 Å². The highest BCUT2D eigenvalue weighted by molar-refractivity contribution is 5.95. The maximum Gasteiger partial charge on any atom is 0.229 e. The molecule has 0 aliphatic rings. The molecule has 1 aromatic heterocycles. The maximum absolute atomic E-state index is 12.1. The van der Waals surface area contributed by atoms with E-state index in [9.17, 15) is 4.79 Å². The molecule has 4 nitrogen and oxygen atoms in total. The number of hydrogen-bond acceptors (Lipinski definition) is 3. The van der Waals surface area contributed by atoms with Crippen LogP contribution in [0.2, 0.25) is 0 Å². The normalized spacial score (nSPS) is 12.6. The second-order valence-electron chi connectivity index (χ2n) is 4.99. The second kappa shape index (κ2) is 5.80. The van der Waals surface area contributed by atoms with Crippen molar-refractivity contribution in [2.45, 2.75) is 13.8 Å². The van der Waals surface area contributed by atoms with Gasteiger partial charge in [-0.15, -0.1) is 0 Å². The van der Waals surface area contributed by atoms with Crippen LogP contribution in [0.5, 0.6) is 0 Å². The summed E-state index contributed by atoms with van der Waals surface area (Å²) in [6.07, 6.45) is 1.75. The summed E-state index contributed by atoms with van der Waals surface area (Å²) >= 11 is 0. The van der Waals surface area contributed by atoms with Gasteiger partial charge in [0, 0.05) is 23.8 Å². The first kappa shape index (κ1) is 13.5. The van der Waals surface area contributed by atoms with Crippen LogP contribution in [-0.2, 0) is 4.79 Å². The summed E-state index contributed by atoms with van der Waals surface area (Å²) in [5.74, 6) is 0.0393. The van der Waals surface area contributed by atoms with Crippen LogP contribution >= 0.6 is 0 Å². The first-order chi connectivity index (χ1) is 9.11. The van der Waals surface area contributed by atoms with E-state index >= 15 is 0 Å². The fraction of sp³-hybridized carbons (Fsp3) is 0.333. The van der Waals surface area contributed by atoms with Crippen molar-refractivity contribution in [1.82, 2.24) is 4.98 Å². The molecule has 0 bridgehead atoms. The van der Waals surface area contributed by atoms with Crippen LogP contribution in [0.3, 0.4) is 0 Å². The third-order valence-electron chi connectivity index (χ3n) is 3.27. The molecular formula is C15H19N3O. The van der Waals surface area contributed by atoms with E-state index in [4.69, 9.17) is 5.73 Å².